The van der Waals surface area contributed by atoms with Gasteiger partial charge in [-0.25, -0.2) is 0 Å². The van der Waals surface area contributed by atoms with Gasteiger partial charge in [-0.05, 0) is 38.8 Å². The smallest absolute Gasteiger partial charge is 0.124 e. The quantitative estimate of drug-likeness (QED) is 0.790. The van der Waals surface area contributed by atoms with Gasteiger partial charge >= 0.3 is 0 Å². The second kappa shape index (κ2) is 3.60. The Balaban J connectivity index is 2.50. The van der Waals surface area contributed by atoms with E-state index >= 15 is 0 Å². The summed E-state index contributed by atoms with van der Waals surface area (Å²) in [4.78, 5) is 0. The van der Waals surface area contributed by atoms with Crippen LogP contribution in [0.15, 0.2) is 12.1 Å². The molecule has 1 aliphatic heterocycles. The Morgan fingerprint density at radius 2 is 2.13 bits per heavy atom. The standard InChI is InChI=1S/C12H16ClNO/c1-12(2)7-6-8-10(15-3)5-4-9(13)11(8)14-12/h4-5,14H,6-7H2,1-3H3. The normalized spacial score (nSPS) is 17.9. The van der Waals surface area contributed by atoms with Gasteiger partial charge in [-0.1, -0.05) is 11.6 Å². The van der Waals surface area contributed by atoms with E-state index in [0.717, 1.165) is 29.3 Å². The maximum atomic E-state index is 6.18. The fourth-order valence-electron chi connectivity index (χ4n) is 2.01. The number of hydrogen-bond acceptors (Lipinski definition) is 2. The van der Waals surface area contributed by atoms with E-state index in [-0.39, 0.29) is 5.54 Å². The Labute approximate surface area is 95.6 Å². The monoisotopic (exact) mass is 225 g/mol. The largest absolute Gasteiger partial charge is 0.496 e. The second-order valence-corrected chi connectivity index (χ2v) is 5.02. The van der Waals surface area contributed by atoms with Crippen LogP contribution in [0.3, 0.4) is 0 Å². The number of ether oxygens (including phenoxy) is 1. The van der Waals surface area contributed by atoms with Gasteiger partial charge in [-0.15, -0.1) is 0 Å². The molecular formula is C12H16ClNO. The Morgan fingerprint density at radius 3 is 2.80 bits per heavy atom. The number of methoxy groups -OCH3 is 1. The fraction of sp³-hybridized carbons (Fsp3) is 0.500. The van der Waals surface area contributed by atoms with E-state index in [0.29, 0.717) is 0 Å². The molecule has 1 aromatic rings. The van der Waals surface area contributed by atoms with Gasteiger partial charge in [0.05, 0.1) is 17.8 Å². The number of nitrogens with one attached hydrogen (secondary N) is 1. The Hall–Kier alpha value is -0.890. The van der Waals surface area contributed by atoms with Gasteiger partial charge in [0.2, 0.25) is 0 Å². The summed E-state index contributed by atoms with van der Waals surface area (Å²) in [7, 11) is 1.70. The first kappa shape index (κ1) is 10.6. The lowest BCUT2D eigenvalue weighted by atomic mass is 9.89. The molecule has 15 heavy (non-hydrogen) atoms. The molecule has 1 aliphatic rings. The Morgan fingerprint density at radius 1 is 1.40 bits per heavy atom. The highest BCUT2D eigenvalue weighted by molar-refractivity contribution is 6.33. The molecule has 82 valence electrons. The van der Waals surface area contributed by atoms with E-state index in [1.165, 1.54) is 5.56 Å². The summed E-state index contributed by atoms with van der Waals surface area (Å²) >= 11 is 6.18. The highest BCUT2D eigenvalue weighted by atomic mass is 35.5. The molecule has 0 spiro atoms. The van der Waals surface area contributed by atoms with Gasteiger partial charge in [0.15, 0.2) is 0 Å². The molecule has 1 heterocycles. The van der Waals surface area contributed by atoms with Crippen LogP contribution in [0.1, 0.15) is 25.8 Å². The Bertz CT molecular complexity index is 387. The van der Waals surface area contributed by atoms with Crippen LogP contribution in [0, 0.1) is 0 Å². The number of rotatable bonds is 1. The molecule has 1 aromatic carbocycles. The van der Waals surface area contributed by atoms with Gasteiger partial charge in [0, 0.05) is 11.1 Å². The van der Waals surface area contributed by atoms with Crippen LogP contribution < -0.4 is 10.1 Å². The molecule has 2 nitrogen and oxygen atoms in total. The van der Waals surface area contributed by atoms with E-state index in [9.17, 15) is 0 Å². The van der Waals surface area contributed by atoms with E-state index in [4.69, 9.17) is 16.3 Å². The maximum Gasteiger partial charge on any atom is 0.124 e. The summed E-state index contributed by atoms with van der Waals surface area (Å²) in [6.07, 6.45) is 2.11. The highest BCUT2D eigenvalue weighted by Crippen LogP contribution is 2.40. The second-order valence-electron chi connectivity index (χ2n) is 4.61. The highest BCUT2D eigenvalue weighted by Gasteiger charge is 2.27. The molecular weight excluding hydrogens is 210 g/mol. The lowest BCUT2D eigenvalue weighted by Gasteiger charge is -2.34. The third-order valence-electron chi connectivity index (χ3n) is 2.90. The first-order valence-electron chi connectivity index (χ1n) is 5.17. The van der Waals surface area contributed by atoms with Crippen molar-refractivity contribution in [3.63, 3.8) is 0 Å². The van der Waals surface area contributed by atoms with Crippen molar-refractivity contribution in [1.82, 2.24) is 0 Å². The average molecular weight is 226 g/mol. The molecule has 0 aromatic heterocycles. The first-order chi connectivity index (χ1) is 7.03. The maximum absolute atomic E-state index is 6.18. The number of halogens is 1. The molecule has 0 bridgehead atoms. The molecule has 0 saturated heterocycles. The zero-order valence-corrected chi connectivity index (χ0v) is 10.1. The fourth-order valence-corrected chi connectivity index (χ4v) is 2.24. The van der Waals surface area contributed by atoms with Crippen LogP contribution in [0.4, 0.5) is 5.69 Å². The summed E-state index contributed by atoms with van der Waals surface area (Å²) < 4.78 is 5.34. The predicted octanol–water partition coefficient (Wildman–Crippen LogP) is 3.49. The van der Waals surface area contributed by atoms with Crippen molar-refractivity contribution in [2.24, 2.45) is 0 Å². The van der Waals surface area contributed by atoms with Gasteiger partial charge in [0.1, 0.15) is 5.75 Å². The molecule has 0 unspecified atom stereocenters. The van der Waals surface area contributed by atoms with Gasteiger partial charge in [-0.3, -0.25) is 0 Å². The average Bonchev–Trinajstić information content (AvgIpc) is 2.18. The number of anilines is 1. The third-order valence-corrected chi connectivity index (χ3v) is 3.22. The van der Waals surface area contributed by atoms with Crippen LogP contribution >= 0.6 is 11.6 Å². The van der Waals surface area contributed by atoms with Crippen molar-refractivity contribution < 1.29 is 4.74 Å². The zero-order chi connectivity index (χ0) is 11.1. The van der Waals surface area contributed by atoms with Gasteiger partial charge in [-0.2, -0.15) is 0 Å². The summed E-state index contributed by atoms with van der Waals surface area (Å²) in [6, 6.07) is 3.81. The summed E-state index contributed by atoms with van der Waals surface area (Å²) in [5.41, 5.74) is 2.35. The summed E-state index contributed by atoms with van der Waals surface area (Å²) in [5.74, 6) is 0.928. The van der Waals surface area contributed by atoms with Crippen LogP contribution in [0.2, 0.25) is 5.02 Å². The van der Waals surface area contributed by atoms with Gasteiger partial charge < -0.3 is 10.1 Å². The number of benzene rings is 1. The zero-order valence-electron chi connectivity index (χ0n) is 9.36. The molecule has 3 heteroatoms. The Kier molecular flexibility index (Phi) is 2.55. The van der Waals surface area contributed by atoms with Crippen molar-refractivity contribution in [3.8, 4) is 5.75 Å². The van der Waals surface area contributed by atoms with E-state index in [1.54, 1.807) is 7.11 Å². The molecule has 0 fully saturated rings. The van der Waals surface area contributed by atoms with Crippen molar-refractivity contribution in [3.05, 3.63) is 22.7 Å². The van der Waals surface area contributed by atoms with Crippen molar-refractivity contribution in [2.45, 2.75) is 32.2 Å². The van der Waals surface area contributed by atoms with Crippen LogP contribution in [-0.4, -0.2) is 12.6 Å². The lowest BCUT2D eigenvalue weighted by molar-refractivity contribution is 0.403. The molecule has 0 saturated carbocycles. The van der Waals surface area contributed by atoms with Gasteiger partial charge in [0.25, 0.3) is 0 Å². The van der Waals surface area contributed by atoms with Crippen molar-refractivity contribution in [2.75, 3.05) is 12.4 Å². The molecule has 2 rings (SSSR count). The molecule has 0 amide bonds. The van der Waals surface area contributed by atoms with E-state index in [1.807, 2.05) is 12.1 Å². The minimum atomic E-state index is 0.114. The summed E-state index contributed by atoms with van der Waals surface area (Å²) in [5, 5.41) is 4.24. The van der Waals surface area contributed by atoms with Crippen LogP contribution in [0.5, 0.6) is 5.75 Å². The first-order valence-corrected chi connectivity index (χ1v) is 5.55. The minimum absolute atomic E-state index is 0.114. The van der Waals surface area contributed by atoms with Crippen LogP contribution in [-0.2, 0) is 6.42 Å². The number of hydrogen-bond donors (Lipinski definition) is 1. The minimum Gasteiger partial charge on any atom is -0.496 e. The molecule has 0 aliphatic carbocycles. The van der Waals surface area contributed by atoms with Crippen molar-refractivity contribution >= 4 is 17.3 Å². The lowest BCUT2D eigenvalue weighted by Crippen LogP contribution is -2.35. The topological polar surface area (TPSA) is 21.3 Å². The van der Waals surface area contributed by atoms with Crippen molar-refractivity contribution in [1.29, 1.82) is 0 Å². The number of fused-ring (bicyclic) bond motifs is 1. The van der Waals surface area contributed by atoms with Crippen LogP contribution in [0.25, 0.3) is 0 Å². The molecule has 1 N–H and O–H groups in total. The molecule has 0 radical (unpaired) electrons. The third kappa shape index (κ3) is 1.91. The predicted molar refractivity (Wildman–Crippen MR) is 64.0 cm³/mol. The SMILES string of the molecule is COc1ccc(Cl)c2c1CCC(C)(C)N2. The summed E-state index contributed by atoms with van der Waals surface area (Å²) in [6.45, 7) is 4.37. The van der Waals surface area contributed by atoms with E-state index in [2.05, 4.69) is 19.2 Å². The molecule has 0 atom stereocenters. The van der Waals surface area contributed by atoms with E-state index < -0.39 is 0 Å².